The van der Waals surface area contributed by atoms with E-state index in [4.69, 9.17) is 9.47 Å². The van der Waals surface area contributed by atoms with Gasteiger partial charge in [-0.05, 0) is 27.2 Å². The van der Waals surface area contributed by atoms with E-state index in [2.05, 4.69) is 0 Å². The van der Waals surface area contributed by atoms with Crippen LogP contribution in [0.5, 0.6) is 0 Å². The number of aliphatic hydroxyl groups is 1. The van der Waals surface area contributed by atoms with Crippen LogP contribution in [0.25, 0.3) is 0 Å². The number of amides is 1. The van der Waals surface area contributed by atoms with Crippen molar-refractivity contribution >= 4 is 5.91 Å². The lowest BCUT2D eigenvalue weighted by Crippen LogP contribution is -2.56. The van der Waals surface area contributed by atoms with E-state index in [0.29, 0.717) is 19.7 Å². The van der Waals surface area contributed by atoms with Gasteiger partial charge in [0.25, 0.3) is 0 Å². The highest BCUT2D eigenvalue weighted by atomic mass is 16.5. The van der Waals surface area contributed by atoms with E-state index in [-0.39, 0.29) is 30.6 Å². The van der Waals surface area contributed by atoms with Crippen molar-refractivity contribution in [1.82, 2.24) is 4.90 Å². The largest absolute Gasteiger partial charge is 0.394 e. The zero-order valence-corrected chi connectivity index (χ0v) is 11.4. The Morgan fingerprint density at radius 1 is 1.50 bits per heavy atom. The molecule has 1 amide bonds. The number of morpholine rings is 1. The van der Waals surface area contributed by atoms with Gasteiger partial charge in [0.05, 0.1) is 36.9 Å². The number of hydrogen-bond donors (Lipinski definition) is 1. The molecule has 2 heterocycles. The third-order valence-corrected chi connectivity index (χ3v) is 3.54. The average molecular weight is 257 g/mol. The van der Waals surface area contributed by atoms with Crippen LogP contribution in [0.3, 0.4) is 0 Å². The van der Waals surface area contributed by atoms with Crippen molar-refractivity contribution in [2.24, 2.45) is 5.92 Å². The van der Waals surface area contributed by atoms with Crippen LogP contribution in [0.1, 0.15) is 27.2 Å². The monoisotopic (exact) mass is 257 g/mol. The van der Waals surface area contributed by atoms with Crippen LogP contribution >= 0.6 is 0 Å². The number of ether oxygens (including phenoxy) is 2. The fourth-order valence-electron chi connectivity index (χ4n) is 2.81. The number of rotatable bonds is 2. The van der Waals surface area contributed by atoms with Gasteiger partial charge in [0.15, 0.2) is 0 Å². The maximum Gasteiger partial charge on any atom is 0.228 e. The van der Waals surface area contributed by atoms with E-state index < -0.39 is 5.60 Å². The molecule has 2 rings (SSSR count). The minimum Gasteiger partial charge on any atom is -0.394 e. The van der Waals surface area contributed by atoms with Gasteiger partial charge >= 0.3 is 0 Å². The highest BCUT2D eigenvalue weighted by Gasteiger charge is 2.39. The first-order valence-corrected chi connectivity index (χ1v) is 6.60. The summed E-state index contributed by atoms with van der Waals surface area (Å²) in [5.41, 5.74) is -0.396. The second-order valence-electron chi connectivity index (χ2n) is 5.98. The molecule has 104 valence electrons. The molecule has 2 saturated heterocycles. The topological polar surface area (TPSA) is 59.0 Å². The Morgan fingerprint density at radius 2 is 2.22 bits per heavy atom. The van der Waals surface area contributed by atoms with Crippen molar-refractivity contribution < 1.29 is 19.4 Å². The predicted octanol–water partition coefficient (Wildman–Crippen LogP) is 0.410. The van der Waals surface area contributed by atoms with Gasteiger partial charge in [-0.25, -0.2) is 0 Å². The molecule has 0 bridgehead atoms. The summed E-state index contributed by atoms with van der Waals surface area (Å²) < 4.78 is 11.2. The fourth-order valence-corrected chi connectivity index (χ4v) is 2.81. The third kappa shape index (κ3) is 3.02. The Labute approximate surface area is 108 Å². The lowest BCUT2D eigenvalue weighted by molar-refractivity contribution is -0.169. The van der Waals surface area contributed by atoms with Crippen molar-refractivity contribution in [2.45, 2.75) is 45.0 Å². The normalized spacial score (nSPS) is 35.8. The zero-order chi connectivity index (χ0) is 13.3. The lowest BCUT2D eigenvalue weighted by Gasteiger charge is -2.43. The van der Waals surface area contributed by atoms with Gasteiger partial charge in [0.2, 0.25) is 5.91 Å². The van der Waals surface area contributed by atoms with Crippen LogP contribution in [0.4, 0.5) is 0 Å². The summed E-state index contributed by atoms with van der Waals surface area (Å²) in [5, 5.41) is 9.24. The summed E-state index contributed by atoms with van der Waals surface area (Å²) >= 11 is 0. The van der Waals surface area contributed by atoms with Crippen LogP contribution in [0, 0.1) is 5.92 Å². The van der Waals surface area contributed by atoms with E-state index in [1.807, 2.05) is 25.7 Å². The molecule has 0 aliphatic carbocycles. The minimum atomic E-state index is -0.396. The molecule has 0 saturated carbocycles. The molecule has 0 aromatic rings. The van der Waals surface area contributed by atoms with Crippen LogP contribution in [0.15, 0.2) is 0 Å². The number of aliphatic hydroxyl groups excluding tert-OH is 1. The SMILES string of the molecule is CC1CC(C(=O)N2CC(CO)OC(C)(C)C2)CO1. The second-order valence-corrected chi connectivity index (χ2v) is 5.98. The molecule has 0 spiro atoms. The molecule has 5 nitrogen and oxygen atoms in total. The van der Waals surface area contributed by atoms with Gasteiger partial charge in [0, 0.05) is 13.1 Å². The summed E-state index contributed by atoms with van der Waals surface area (Å²) in [6.07, 6.45) is 0.680. The van der Waals surface area contributed by atoms with E-state index in [1.165, 1.54) is 0 Å². The molecule has 0 aromatic carbocycles. The Bertz CT molecular complexity index is 318. The predicted molar refractivity (Wildman–Crippen MR) is 66.1 cm³/mol. The van der Waals surface area contributed by atoms with Crippen LogP contribution in [-0.2, 0) is 14.3 Å². The third-order valence-electron chi connectivity index (χ3n) is 3.54. The molecule has 3 atom stereocenters. The molecule has 3 unspecified atom stereocenters. The molecule has 2 aliphatic heterocycles. The van der Waals surface area contributed by atoms with E-state index in [9.17, 15) is 9.90 Å². The van der Waals surface area contributed by atoms with Gasteiger partial charge in [0.1, 0.15) is 0 Å². The van der Waals surface area contributed by atoms with Crippen LogP contribution in [0.2, 0.25) is 0 Å². The summed E-state index contributed by atoms with van der Waals surface area (Å²) in [6.45, 7) is 7.40. The quantitative estimate of drug-likeness (QED) is 0.778. The minimum absolute atomic E-state index is 0.0340. The highest BCUT2D eigenvalue weighted by molar-refractivity contribution is 5.79. The Kier molecular flexibility index (Phi) is 3.94. The van der Waals surface area contributed by atoms with Crippen molar-refractivity contribution in [3.63, 3.8) is 0 Å². The van der Waals surface area contributed by atoms with E-state index in [1.54, 1.807) is 0 Å². The number of carbonyl (C=O) groups excluding carboxylic acids is 1. The Morgan fingerprint density at radius 3 is 2.78 bits per heavy atom. The van der Waals surface area contributed by atoms with Crippen molar-refractivity contribution in [1.29, 1.82) is 0 Å². The van der Waals surface area contributed by atoms with Gasteiger partial charge < -0.3 is 19.5 Å². The first-order chi connectivity index (χ1) is 8.41. The lowest BCUT2D eigenvalue weighted by atomic mass is 10.0. The molecule has 2 fully saturated rings. The second kappa shape index (κ2) is 5.15. The molecular weight excluding hydrogens is 234 g/mol. The molecule has 5 heteroatoms. The molecule has 1 N–H and O–H groups in total. The number of hydrogen-bond acceptors (Lipinski definition) is 4. The fraction of sp³-hybridized carbons (Fsp3) is 0.923. The zero-order valence-electron chi connectivity index (χ0n) is 11.4. The first kappa shape index (κ1) is 13.8. The smallest absolute Gasteiger partial charge is 0.228 e. The van der Waals surface area contributed by atoms with Crippen molar-refractivity contribution in [3.05, 3.63) is 0 Å². The Balaban J connectivity index is 2.00. The number of carbonyl (C=O) groups is 1. The maximum atomic E-state index is 12.4. The molecule has 18 heavy (non-hydrogen) atoms. The summed E-state index contributed by atoms with van der Waals surface area (Å²) in [4.78, 5) is 14.2. The van der Waals surface area contributed by atoms with E-state index >= 15 is 0 Å². The van der Waals surface area contributed by atoms with Crippen LogP contribution < -0.4 is 0 Å². The van der Waals surface area contributed by atoms with Gasteiger partial charge in [-0.3, -0.25) is 4.79 Å². The molecule has 0 radical (unpaired) electrons. The standard InChI is InChI=1S/C13H23NO4/c1-9-4-10(7-17-9)12(16)14-5-11(6-15)18-13(2,3)8-14/h9-11,15H,4-8H2,1-3H3. The number of nitrogens with zero attached hydrogens (tertiary/aromatic N) is 1. The maximum absolute atomic E-state index is 12.4. The average Bonchev–Trinajstić information content (AvgIpc) is 2.72. The molecule has 0 aromatic heterocycles. The van der Waals surface area contributed by atoms with Crippen molar-refractivity contribution in [2.75, 3.05) is 26.3 Å². The van der Waals surface area contributed by atoms with E-state index in [0.717, 1.165) is 6.42 Å². The molecular formula is C13H23NO4. The summed E-state index contributed by atoms with van der Waals surface area (Å²) in [6, 6.07) is 0. The van der Waals surface area contributed by atoms with Gasteiger partial charge in [-0.2, -0.15) is 0 Å². The first-order valence-electron chi connectivity index (χ1n) is 6.60. The van der Waals surface area contributed by atoms with Gasteiger partial charge in [-0.1, -0.05) is 0 Å². The van der Waals surface area contributed by atoms with Gasteiger partial charge in [-0.15, -0.1) is 0 Å². The van der Waals surface area contributed by atoms with Crippen LogP contribution in [-0.4, -0.2) is 60.0 Å². The van der Waals surface area contributed by atoms with Crippen molar-refractivity contribution in [3.8, 4) is 0 Å². The summed E-state index contributed by atoms with van der Waals surface area (Å²) in [7, 11) is 0. The summed E-state index contributed by atoms with van der Waals surface area (Å²) in [5.74, 6) is 0.0995. The molecule has 2 aliphatic rings. The Hall–Kier alpha value is -0.650. The highest BCUT2D eigenvalue weighted by Crippen LogP contribution is 2.26.